The van der Waals surface area contributed by atoms with Gasteiger partial charge in [0.25, 0.3) is 0 Å². The highest BCUT2D eigenvalue weighted by Crippen LogP contribution is 2.06. The van der Waals surface area contributed by atoms with Gasteiger partial charge in [0, 0.05) is 25.5 Å². The van der Waals surface area contributed by atoms with Crippen LogP contribution in [0.4, 0.5) is 0 Å². The summed E-state index contributed by atoms with van der Waals surface area (Å²) in [4.78, 5) is 4.01. The zero-order chi connectivity index (χ0) is 10.4. The molecular weight excluding hydrogens is 178 g/mol. The van der Waals surface area contributed by atoms with Crippen molar-refractivity contribution in [3.05, 3.63) is 18.7 Å². The minimum absolute atomic E-state index is 0.230. The van der Waals surface area contributed by atoms with Crippen molar-refractivity contribution in [3.63, 3.8) is 0 Å². The minimum atomic E-state index is 0.230. The smallest absolute Gasteiger partial charge is 0.0959 e. The van der Waals surface area contributed by atoms with Gasteiger partial charge < -0.3 is 9.67 Å². The van der Waals surface area contributed by atoms with Crippen LogP contribution in [0.2, 0.25) is 0 Å². The highest BCUT2D eigenvalue weighted by atomic mass is 16.3. The van der Waals surface area contributed by atoms with E-state index >= 15 is 0 Å². The first kappa shape index (κ1) is 11.2. The summed E-state index contributed by atoms with van der Waals surface area (Å²) in [6, 6.07) is 0. The zero-order valence-corrected chi connectivity index (χ0v) is 8.85. The van der Waals surface area contributed by atoms with E-state index in [1.807, 2.05) is 24.0 Å². The van der Waals surface area contributed by atoms with Gasteiger partial charge in [-0.2, -0.15) is 0 Å². The molecule has 4 nitrogen and oxygen atoms in total. The van der Waals surface area contributed by atoms with Crippen molar-refractivity contribution < 1.29 is 5.11 Å². The van der Waals surface area contributed by atoms with Crippen LogP contribution in [0.25, 0.3) is 0 Å². The molecule has 0 spiro atoms. The molecule has 2 N–H and O–H groups in total. The van der Waals surface area contributed by atoms with Gasteiger partial charge in [0.1, 0.15) is 0 Å². The molecule has 1 aromatic rings. The Balaban J connectivity index is 2.40. The number of aromatic nitrogens is 2. The van der Waals surface area contributed by atoms with E-state index in [1.165, 1.54) is 0 Å². The van der Waals surface area contributed by atoms with Crippen molar-refractivity contribution in [2.45, 2.75) is 26.4 Å². The molecular formula is C10H19N3O. The summed E-state index contributed by atoms with van der Waals surface area (Å²) in [5.74, 6) is 0.299. The van der Waals surface area contributed by atoms with Crippen molar-refractivity contribution in [1.82, 2.24) is 14.9 Å². The normalized spacial score (nSPS) is 15.4. The van der Waals surface area contributed by atoms with Gasteiger partial charge in [0.05, 0.1) is 12.5 Å². The van der Waals surface area contributed by atoms with Gasteiger partial charge in [-0.3, -0.25) is 5.32 Å². The van der Waals surface area contributed by atoms with Gasteiger partial charge in [-0.05, 0) is 12.3 Å². The number of aliphatic hydroxyl groups is 1. The Morgan fingerprint density at radius 2 is 2.36 bits per heavy atom. The lowest BCUT2D eigenvalue weighted by Gasteiger charge is -2.20. The molecule has 0 aliphatic heterocycles. The van der Waals surface area contributed by atoms with Crippen LogP contribution in [0.5, 0.6) is 0 Å². The highest BCUT2D eigenvalue weighted by molar-refractivity contribution is 4.79. The Hall–Kier alpha value is -0.870. The molecule has 0 aliphatic rings. The van der Waals surface area contributed by atoms with Gasteiger partial charge in [0.15, 0.2) is 0 Å². The molecule has 1 heterocycles. The Morgan fingerprint density at radius 3 is 2.86 bits per heavy atom. The minimum Gasteiger partial charge on any atom is -0.396 e. The SMILES string of the molecule is CCC(NCC(C)CO)n1ccnc1. The van der Waals surface area contributed by atoms with Crippen LogP contribution in [0.3, 0.4) is 0 Å². The molecule has 0 fully saturated rings. The van der Waals surface area contributed by atoms with Crippen molar-refractivity contribution in [3.8, 4) is 0 Å². The molecule has 2 unspecified atom stereocenters. The van der Waals surface area contributed by atoms with E-state index in [4.69, 9.17) is 5.11 Å². The number of rotatable bonds is 6. The fourth-order valence-electron chi connectivity index (χ4n) is 1.32. The van der Waals surface area contributed by atoms with Crippen LogP contribution in [0, 0.1) is 5.92 Å². The second-order valence-corrected chi connectivity index (χ2v) is 3.63. The number of hydrogen-bond donors (Lipinski definition) is 2. The van der Waals surface area contributed by atoms with Crippen molar-refractivity contribution in [1.29, 1.82) is 0 Å². The summed E-state index contributed by atoms with van der Waals surface area (Å²) in [6.07, 6.45) is 6.83. The Labute approximate surface area is 85.0 Å². The van der Waals surface area contributed by atoms with Crippen molar-refractivity contribution in [2.24, 2.45) is 5.92 Å². The van der Waals surface area contributed by atoms with E-state index < -0.39 is 0 Å². The van der Waals surface area contributed by atoms with Gasteiger partial charge in [-0.1, -0.05) is 13.8 Å². The largest absolute Gasteiger partial charge is 0.396 e. The van der Waals surface area contributed by atoms with E-state index in [1.54, 1.807) is 6.20 Å². The lowest BCUT2D eigenvalue weighted by molar-refractivity contribution is 0.223. The monoisotopic (exact) mass is 197 g/mol. The predicted molar refractivity (Wildman–Crippen MR) is 55.8 cm³/mol. The van der Waals surface area contributed by atoms with Crippen molar-refractivity contribution in [2.75, 3.05) is 13.2 Å². The Bertz CT molecular complexity index is 236. The molecule has 0 saturated carbocycles. The second kappa shape index (κ2) is 5.78. The Kier molecular flexibility index (Phi) is 4.62. The molecule has 80 valence electrons. The molecule has 0 radical (unpaired) electrons. The van der Waals surface area contributed by atoms with E-state index in [-0.39, 0.29) is 12.8 Å². The highest BCUT2D eigenvalue weighted by Gasteiger charge is 2.08. The number of imidazole rings is 1. The third kappa shape index (κ3) is 3.12. The maximum atomic E-state index is 8.89. The first-order valence-corrected chi connectivity index (χ1v) is 5.09. The molecule has 2 atom stereocenters. The summed E-state index contributed by atoms with van der Waals surface area (Å²) in [5.41, 5.74) is 0. The van der Waals surface area contributed by atoms with E-state index in [9.17, 15) is 0 Å². The summed E-state index contributed by atoms with van der Waals surface area (Å²) >= 11 is 0. The summed E-state index contributed by atoms with van der Waals surface area (Å²) in [5, 5.41) is 12.3. The van der Waals surface area contributed by atoms with E-state index in [0.717, 1.165) is 13.0 Å². The third-order valence-corrected chi connectivity index (χ3v) is 2.29. The van der Waals surface area contributed by atoms with Crippen LogP contribution < -0.4 is 5.32 Å². The molecule has 0 saturated heterocycles. The maximum Gasteiger partial charge on any atom is 0.0959 e. The first-order valence-electron chi connectivity index (χ1n) is 5.09. The van der Waals surface area contributed by atoms with Crippen LogP contribution in [-0.2, 0) is 0 Å². The maximum absolute atomic E-state index is 8.89. The average Bonchev–Trinajstić information content (AvgIpc) is 2.72. The van der Waals surface area contributed by atoms with E-state index in [0.29, 0.717) is 5.92 Å². The van der Waals surface area contributed by atoms with Crippen molar-refractivity contribution >= 4 is 0 Å². The molecule has 0 amide bonds. The molecule has 1 rings (SSSR count). The fourth-order valence-corrected chi connectivity index (χ4v) is 1.32. The van der Waals surface area contributed by atoms with Gasteiger partial charge >= 0.3 is 0 Å². The van der Waals surface area contributed by atoms with Gasteiger partial charge in [0.2, 0.25) is 0 Å². The zero-order valence-electron chi connectivity index (χ0n) is 8.85. The Morgan fingerprint density at radius 1 is 1.57 bits per heavy atom. The lowest BCUT2D eigenvalue weighted by atomic mass is 10.2. The molecule has 4 heteroatoms. The van der Waals surface area contributed by atoms with Crippen LogP contribution >= 0.6 is 0 Å². The molecule has 1 aromatic heterocycles. The molecule has 0 bridgehead atoms. The summed E-state index contributed by atoms with van der Waals surface area (Å²) < 4.78 is 2.05. The van der Waals surface area contributed by atoms with Crippen LogP contribution in [0.1, 0.15) is 26.4 Å². The number of nitrogens with one attached hydrogen (secondary N) is 1. The molecule has 14 heavy (non-hydrogen) atoms. The summed E-state index contributed by atoms with van der Waals surface area (Å²) in [7, 11) is 0. The second-order valence-electron chi connectivity index (χ2n) is 3.63. The van der Waals surface area contributed by atoms with Crippen LogP contribution in [-0.4, -0.2) is 27.8 Å². The summed E-state index contributed by atoms with van der Waals surface area (Å²) in [6.45, 7) is 5.20. The standard InChI is InChI=1S/C10H19N3O/c1-3-10(12-6-9(2)7-14)13-5-4-11-8-13/h4-5,8-10,12,14H,3,6-7H2,1-2H3. The lowest BCUT2D eigenvalue weighted by Crippen LogP contribution is -2.30. The van der Waals surface area contributed by atoms with Crippen LogP contribution in [0.15, 0.2) is 18.7 Å². The quantitative estimate of drug-likeness (QED) is 0.715. The average molecular weight is 197 g/mol. The molecule has 0 aromatic carbocycles. The number of nitrogens with zero attached hydrogens (tertiary/aromatic N) is 2. The third-order valence-electron chi connectivity index (χ3n) is 2.29. The van der Waals surface area contributed by atoms with Gasteiger partial charge in [-0.15, -0.1) is 0 Å². The topological polar surface area (TPSA) is 50.1 Å². The van der Waals surface area contributed by atoms with Gasteiger partial charge in [-0.25, -0.2) is 4.98 Å². The van der Waals surface area contributed by atoms with E-state index in [2.05, 4.69) is 17.2 Å². The predicted octanol–water partition coefficient (Wildman–Crippen LogP) is 1.01. The number of hydrogen-bond acceptors (Lipinski definition) is 3. The first-order chi connectivity index (χ1) is 6.77. The fraction of sp³-hybridized carbons (Fsp3) is 0.700. The molecule has 0 aliphatic carbocycles. The number of aliphatic hydroxyl groups excluding tert-OH is 1.